The van der Waals surface area contributed by atoms with Crippen molar-refractivity contribution in [1.29, 1.82) is 0 Å². The van der Waals surface area contributed by atoms with E-state index in [0.29, 0.717) is 6.54 Å². The Balaban J connectivity index is 2.73. The van der Waals surface area contributed by atoms with Crippen LogP contribution in [0.4, 0.5) is 0 Å². The third-order valence-electron chi connectivity index (χ3n) is 2.79. The molecule has 4 heteroatoms. The van der Waals surface area contributed by atoms with Crippen molar-refractivity contribution in [3.05, 3.63) is 29.8 Å². The normalized spacial score (nSPS) is 11.9. The number of hydrogen-bond acceptors (Lipinski definition) is 3. The van der Waals surface area contributed by atoms with Crippen LogP contribution >= 0.6 is 0 Å². The lowest BCUT2D eigenvalue weighted by molar-refractivity contribution is -0.121. The molecule has 0 fully saturated rings. The van der Waals surface area contributed by atoms with Crippen LogP contribution in [0.15, 0.2) is 24.3 Å². The van der Waals surface area contributed by atoms with Crippen molar-refractivity contribution in [2.24, 2.45) is 0 Å². The molecule has 4 nitrogen and oxygen atoms in total. The van der Waals surface area contributed by atoms with Crippen LogP contribution in [0.1, 0.15) is 31.9 Å². The first-order valence-electron chi connectivity index (χ1n) is 6.35. The number of amides is 1. The van der Waals surface area contributed by atoms with Gasteiger partial charge in [-0.3, -0.25) is 4.79 Å². The second kappa shape index (κ2) is 7.71. The molecule has 0 aliphatic carbocycles. The zero-order chi connectivity index (χ0) is 13.4. The monoisotopic (exact) mass is 250 g/mol. The first-order chi connectivity index (χ1) is 8.72. The van der Waals surface area contributed by atoms with Crippen molar-refractivity contribution < 1.29 is 9.53 Å². The van der Waals surface area contributed by atoms with Crippen LogP contribution < -0.4 is 15.4 Å². The molecule has 0 radical (unpaired) electrons. The lowest BCUT2D eigenvalue weighted by Gasteiger charge is -2.20. The molecule has 0 spiro atoms. The maximum Gasteiger partial charge on any atom is 0.234 e. The second-order valence-corrected chi connectivity index (χ2v) is 4.05. The summed E-state index contributed by atoms with van der Waals surface area (Å²) in [7, 11) is 1.64. The Morgan fingerprint density at radius 1 is 1.33 bits per heavy atom. The molecule has 18 heavy (non-hydrogen) atoms. The molecule has 1 aromatic carbocycles. The molecular weight excluding hydrogens is 228 g/mol. The minimum absolute atomic E-state index is 0.00712. The van der Waals surface area contributed by atoms with Gasteiger partial charge in [-0.15, -0.1) is 0 Å². The van der Waals surface area contributed by atoms with Gasteiger partial charge in [0.2, 0.25) is 5.91 Å². The van der Waals surface area contributed by atoms with Crippen molar-refractivity contribution in [1.82, 2.24) is 10.6 Å². The molecule has 2 N–H and O–H groups in total. The average molecular weight is 250 g/mol. The van der Waals surface area contributed by atoms with Gasteiger partial charge in [0, 0.05) is 5.56 Å². The fourth-order valence-corrected chi connectivity index (χ4v) is 1.84. The molecule has 0 saturated heterocycles. The molecule has 100 valence electrons. The Kier molecular flexibility index (Phi) is 6.22. The van der Waals surface area contributed by atoms with E-state index in [1.807, 2.05) is 38.1 Å². The predicted molar refractivity (Wildman–Crippen MR) is 72.7 cm³/mol. The van der Waals surface area contributed by atoms with Gasteiger partial charge in [-0.1, -0.05) is 32.0 Å². The molecule has 1 atom stereocenters. The van der Waals surface area contributed by atoms with E-state index >= 15 is 0 Å². The quantitative estimate of drug-likeness (QED) is 0.776. The summed E-state index contributed by atoms with van der Waals surface area (Å²) in [4.78, 5) is 11.7. The van der Waals surface area contributed by atoms with Crippen molar-refractivity contribution >= 4 is 5.91 Å². The minimum atomic E-state index is -0.00712. The van der Waals surface area contributed by atoms with Crippen LogP contribution in [-0.4, -0.2) is 26.1 Å². The number of likely N-dealkylation sites (N-methyl/N-ethyl adjacent to an activating group) is 1. The summed E-state index contributed by atoms with van der Waals surface area (Å²) in [5.74, 6) is 0.822. The van der Waals surface area contributed by atoms with E-state index in [1.54, 1.807) is 7.11 Å². The van der Waals surface area contributed by atoms with E-state index < -0.39 is 0 Å². The van der Waals surface area contributed by atoms with Crippen LogP contribution in [0.3, 0.4) is 0 Å². The number of hydrogen-bond donors (Lipinski definition) is 2. The van der Waals surface area contributed by atoms with Gasteiger partial charge < -0.3 is 15.4 Å². The predicted octanol–water partition coefficient (Wildman–Crippen LogP) is 1.87. The number of rotatable bonds is 7. The van der Waals surface area contributed by atoms with Crippen LogP contribution in [0, 0.1) is 0 Å². The second-order valence-electron chi connectivity index (χ2n) is 4.05. The molecule has 0 saturated carbocycles. The van der Waals surface area contributed by atoms with E-state index in [1.165, 1.54) is 0 Å². The first kappa shape index (κ1) is 14.5. The van der Waals surface area contributed by atoms with Crippen LogP contribution in [-0.2, 0) is 4.79 Å². The van der Waals surface area contributed by atoms with Crippen molar-refractivity contribution in [2.75, 3.05) is 20.2 Å². The lowest BCUT2D eigenvalue weighted by Crippen LogP contribution is -2.36. The van der Waals surface area contributed by atoms with Crippen molar-refractivity contribution in [2.45, 2.75) is 26.3 Å². The number of nitrogens with one attached hydrogen (secondary N) is 2. The van der Waals surface area contributed by atoms with Gasteiger partial charge in [-0.25, -0.2) is 0 Å². The molecule has 0 aromatic heterocycles. The summed E-state index contributed by atoms with van der Waals surface area (Å²) in [6.45, 7) is 5.16. The van der Waals surface area contributed by atoms with E-state index in [2.05, 4.69) is 10.6 Å². The van der Waals surface area contributed by atoms with Gasteiger partial charge in [0.15, 0.2) is 0 Å². The standard InChI is InChI=1S/C14H22N2O2/c1-4-12(16-14(17)10-15-5-2)11-8-6-7-9-13(11)18-3/h6-9,12,15H,4-5,10H2,1-3H3,(H,16,17). The largest absolute Gasteiger partial charge is 0.496 e. The summed E-state index contributed by atoms with van der Waals surface area (Å²) >= 11 is 0. The summed E-state index contributed by atoms with van der Waals surface area (Å²) in [6.07, 6.45) is 0.832. The fraction of sp³-hybridized carbons (Fsp3) is 0.500. The summed E-state index contributed by atoms with van der Waals surface area (Å²) in [6, 6.07) is 7.77. The highest BCUT2D eigenvalue weighted by Gasteiger charge is 2.15. The molecule has 1 amide bonds. The molecule has 1 aromatic rings. The zero-order valence-electron chi connectivity index (χ0n) is 11.3. The Labute approximate surface area is 109 Å². The summed E-state index contributed by atoms with van der Waals surface area (Å²) in [5.41, 5.74) is 1.02. The number of benzene rings is 1. The number of methoxy groups -OCH3 is 1. The fourth-order valence-electron chi connectivity index (χ4n) is 1.84. The van der Waals surface area contributed by atoms with Gasteiger partial charge in [-0.2, -0.15) is 0 Å². The molecule has 0 heterocycles. The van der Waals surface area contributed by atoms with Gasteiger partial charge in [0.05, 0.1) is 19.7 Å². The maximum absolute atomic E-state index is 11.7. The first-order valence-corrected chi connectivity index (χ1v) is 6.35. The Morgan fingerprint density at radius 3 is 2.67 bits per heavy atom. The molecule has 0 aliphatic rings. The number of para-hydroxylation sites is 1. The highest BCUT2D eigenvalue weighted by molar-refractivity contribution is 5.78. The van der Waals surface area contributed by atoms with E-state index in [9.17, 15) is 4.79 Å². The minimum Gasteiger partial charge on any atom is -0.496 e. The Morgan fingerprint density at radius 2 is 2.06 bits per heavy atom. The SMILES string of the molecule is CCNCC(=O)NC(CC)c1ccccc1OC. The zero-order valence-corrected chi connectivity index (χ0v) is 11.3. The number of ether oxygens (including phenoxy) is 1. The smallest absolute Gasteiger partial charge is 0.234 e. The highest BCUT2D eigenvalue weighted by Crippen LogP contribution is 2.26. The number of carbonyl (C=O) groups is 1. The van der Waals surface area contributed by atoms with Gasteiger partial charge in [0.1, 0.15) is 5.75 Å². The Hall–Kier alpha value is -1.55. The van der Waals surface area contributed by atoms with Gasteiger partial charge >= 0.3 is 0 Å². The van der Waals surface area contributed by atoms with Crippen LogP contribution in [0.2, 0.25) is 0 Å². The summed E-state index contributed by atoms with van der Waals surface area (Å²) < 4.78 is 5.32. The van der Waals surface area contributed by atoms with Gasteiger partial charge in [0.25, 0.3) is 0 Å². The summed E-state index contributed by atoms with van der Waals surface area (Å²) in [5, 5.41) is 6.03. The lowest BCUT2D eigenvalue weighted by atomic mass is 10.0. The molecule has 1 rings (SSSR count). The Bertz CT molecular complexity index is 380. The third-order valence-corrected chi connectivity index (χ3v) is 2.79. The molecule has 1 unspecified atom stereocenters. The molecular formula is C14H22N2O2. The highest BCUT2D eigenvalue weighted by atomic mass is 16.5. The average Bonchev–Trinajstić information content (AvgIpc) is 2.42. The van der Waals surface area contributed by atoms with Gasteiger partial charge in [-0.05, 0) is 19.0 Å². The van der Waals surface area contributed by atoms with E-state index in [-0.39, 0.29) is 11.9 Å². The van der Waals surface area contributed by atoms with Crippen molar-refractivity contribution in [3.8, 4) is 5.75 Å². The number of carbonyl (C=O) groups excluding carboxylic acids is 1. The molecule has 0 aliphatic heterocycles. The van der Waals surface area contributed by atoms with Crippen LogP contribution in [0.5, 0.6) is 5.75 Å². The van der Waals surface area contributed by atoms with Crippen LogP contribution in [0.25, 0.3) is 0 Å². The topological polar surface area (TPSA) is 50.4 Å². The third kappa shape index (κ3) is 4.04. The van der Waals surface area contributed by atoms with E-state index in [4.69, 9.17) is 4.74 Å². The maximum atomic E-state index is 11.7. The molecule has 0 bridgehead atoms. The van der Waals surface area contributed by atoms with E-state index in [0.717, 1.165) is 24.3 Å². The van der Waals surface area contributed by atoms with Crippen molar-refractivity contribution in [3.63, 3.8) is 0 Å².